The van der Waals surface area contributed by atoms with Crippen LogP contribution in [0.15, 0.2) is 0 Å². The van der Waals surface area contributed by atoms with Crippen LogP contribution in [0.25, 0.3) is 0 Å². The molecule has 0 amide bonds. The van der Waals surface area contributed by atoms with Crippen molar-refractivity contribution in [3.63, 3.8) is 0 Å². The second kappa shape index (κ2) is 20.6. The lowest BCUT2D eigenvalue weighted by Gasteiger charge is -2.45. The molecule has 36 heavy (non-hydrogen) atoms. The van der Waals surface area contributed by atoms with Crippen molar-refractivity contribution in [2.75, 3.05) is 0 Å². The number of aliphatic carboxylic acids is 1. The van der Waals surface area contributed by atoms with Crippen LogP contribution >= 0.6 is 0 Å². The first-order valence-corrected chi connectivity index (χ1v) is 17.8. The van der Waals surface area contributed by atoms with Crippen molar-refractivity contribution in [1.82, 2.24) is 0 Å². The summed E-state index contributed by atoms with van der Waals surface area (Å²) in [6, 6.07) is 0. The molecule has 0 aromatic heterocycles. The van der Waals surface area contributed by atoms with E-state index in [0.29, 0.717) is 29.5 Å². The van der Waals surface area contributed by atoms with Gasteiger partial charge in [-0.1, -0.05) is 139 Å². The van der Waals surface area contributed by atoms with E-state index in [1.54, 1.807) is 0 Å². The number of carboxylic acid groups (broad SMARTS) is 1. The standard InChI is InChI=1S/C31H64O4Si/c1-9-11-13-15-16-17-18-19-20-22-28(35-36(25(3)4,26(5)6)27(7)8)24-30(32)29(31(33)34)23-21-14-12-10-2/h25-30,32H,9-24H2,1-8H3,(H,33,34). The second-order valence-electron chi connectivity index (χ2n) is 12.3. The van der Waals surface area contributed by atoms with E-state index in [1.165, 1.54) is 51.4 Å². The third kappa shape index (κ3) is 13.4. The van der Waals surface area contributed by atoms with Crippen LogP contribution in [0.2, 0.25) is 16.6 Å². The van der Waals surface area contributed by atoms with E-state index in [2.05, 4.69) is 55.4 Å². The first kappa shape index (κ1) is 35.6. The zero-order valence-electron chi connectivity index (χ0n) is 25.5. The SMILES string of the molecule is CCCCCCCCCCCC(CC(O)C(CCCCCC)C(=O)O)O[Si](C(C)C)(C(C)C)C(C)C. The van der Waals surface area contributed by atoms with Crippen molar-refractivity contribution in [2.24, 2.45) is 5.92 Å². The van der Waals surface area contributed by atoms with E-state index in [4.69, 9.17) is 4.43 Å². The highest BCUT2D eigenvalue weighted by Crippen LogP contribution is 2.44. The molecule has 5 heteroatoms. The predicted molar refractivity (Wildman–Crippen MR) is 158 cm³/mol. The van der Waals surface area contributed by atoms with Crippen molar-refractivity contribution in [3.05, 3.63) is 0 Å². The molecular formula is C31H64O4Si. The molecule has 0 fully saturated rings. The van der Waals surface area contributed by atoms with Crippen LogP contribution in [-0.4, -0.2) is 36.7 Å². The number of aliphatic hydroxyl groups is 1. The number of aliphatic hydroxyl groups excluding tert-OH is 1. The zero-order valence-corrected chi connectivity index (χ0v) is 26.5. The van der Waals surface area contributed by atoms with Gasteiger partial charge in [0.1, 0.15) is 0 Å². The molecule has 0 aliphatic carbocycles. The van der Waals surface area contributed by atoms with E-state index in [0.717, 1.165) is 38.5 Å². The fourth-order valence-electron chi connectivity index (χ4n) is 6.31. The lowest BCUT2D eigenvalue weighted by Crippen LogP contribution is -2.51. The highest BCUT2D eigenvalue weighted by atomic mass is 28.4. The van der Waals surface area contributed by atoms with Gasteiger partial charge in [0.15, 0.2) is 0 Å². The summed E-state index contributed by atoms with van der Waals surface area (Å²) in [7, 11) is -2.11. The summed E-state index contributed by atoms with van der Waals surface area (Å²) in [6.07, 6.45) is 16.7. The summed E-state index contributed by atoms with van der Waals surface area (Å²) in [4.78, 5) is 12.0. The lowest BCUT2D eigenvalue weighted by molar-refractivity contribution is -0.146. The van der Waals surface area contributed by atoms with E-state index in [-0.39, 0.29) is 6.10 Å². The maximum absolute atomic E-state index is 12.0. The van der Waals surface area contributed by atoms with Gasteiger partial charge in [0, 0.05) is 6.10 Å². The average molecular weight is 529 g/mol. The van der Waals surface area contributed by atoms with Gasteiger partial charge in [0.05, 0.1) is 12.0 Å². The van der Waals surface area contributed by atoms with Crippen LogP contribution in [0, 0.1) is 5.92 Å². The molecule has 0 aliphatic heterocycles. The van der Waals surface area contributed by atoms with Gasteiger partial charge in [-0.3, -0.25) is 4.79 Å². The zero-order chi connectivity index (χ0) is 27.6. The number of rotatable bonds is 24. The lowest BCUT2D eigenvalue weighted by atomic mass is 9.90. The smallest absolute Gasteiger partial charge is 0.309 e. The van der Waals surface area contributed by atoms with Crippen molar-refractivity contribution < 1.29 is 19.4 Å². The van der Waals surface area contributed by atoms with Crippen LogP contribution < -0.4 is 0 Å². The summed E-state index contributed by atoms with van der Waals surface area (Å²) in [6.45, 7) is 18.2. The van der Waals surface area contributed by atoms with Gasteiger partial charge in [-0.05, 0) is 35.9 Å². The molecule has 3 unspecified atom stereocenters. The Balaban J connectivity index is 5.26. The number of carboxylic acids is 1. The number of unbranched alkanes of at least 4 members (excludes halogenated alkanes) is 11. The fraction of sp³-hybridized carbons (Fsp3) is 0.968. The minimum absolute atomic E-state index is 0.0547. The van der Waals surface area contributed by atoms with Gasteiger partial charge in [-0.25, -0.2) is 0 Å². The molecular weight excluding hydrogens is 464 g/mol. The van der Waals surface area contributed by atoms with Gasteiger partial charge in [0.2, 0.25) is 8.32 Å². The van der Waals surface area contributed by atoms with Crippen LogP contribution in [0.1, 0.15) is 158 Å². The molecule has 0 spiro atoms. The average Bonchev–Trinajstić information content (AvgIpc) is 2.79. The topological polar surface area (TPSA) is 66.8 Å². The Morgan fingerprint density at radius 2 is 1.06 bits per heavy atom. The largest absolute Gasteiger partial charge is 0.481 e. The number of hydrogen-bond acceptors (Lipinski definition) is 3. The van der Waals surface area contributed by atoms with Crippen LogP contribution in [0.5, 0.6) is 0 Å². The summed E-state index contributed by atoms with van der Waals surface area (Å²) in [5.41, 5.74) is 1.43. The quantitative estimate of drug-likeness (QED) is 0.0966. The first-order chi connectivity index (χ1) is 17.0. The maximum Gasteiger partial charge on any atom is 0.309 e. The summed E-state index contributed by atoms with van der Waals surface area (Å²) < 4.78 is 7.12. The van der Waals surface area contributed by atoms with Gasteiger partial charge in [0.25, 0.3) is 0 Å². The summed E-state index contributed by atoms with van der Waals surface area (Å²) in [5, 5.41) is 21.0. The molecule has 2 N–H and O–H groups in total. The molecule has 0 bridgehead atoms. The van der Waals surface area contributed by atoms with Gasteiger partial charge in [-0.2, -0.15) is 0 Å². The third-order valence-electron chi connectivity index (χ3n) is 8.36. The number of hydrogen-bond donors (Lipinski definition) is 2. The number of carbonyl (C=O) groups is 1. The Morgan fingerprint density at radius 3 is 1.47 bits per heavy atom. The van der Waals surface area contributed by atoms with E-state index in [1.807, 2.05) is 0 Å². The van der Waals surface area contributed by atoms with E-state index >= 15 is 0 Å². The van der Waals surface area contributed by atoms with Crippen LogP contribution in [0.3, 0.4) is 0 Å². The molecule has 216 valence electrons. The Labute approximate surface area is 226 Å². The first-order valence-electron chi connectivity index (χ1n) is 15.6. The molecule has 0 aromatic rings. The van der Waals surface area contributed by atoms with Crippen molar-refractivity contribution in [3.8, 4) is 0 Å². The highest BCUT2D eigenvalue weighted by molar-refractivity contribution is 6.77. The van der Waals surface area contributed by atoms with E-state index < -0.39 is 26.3 Å². The van der Waals surface area contributed by atoms with Crippen molar-refractivity contribution >= 4 is 14.3 Å². The molecule has 0 saturated heterocycles. The highest BCUT2D eigenvalue weighted by Gasteiger charge is 2.47. The molecule has 0 aliphatic rings. The Kier molecular flexibility index (Phi) is 20.3. The monoisotopic (exact) mass is 528 g/mol. The molecule has 4 nitrogen and oxygen atoms in total. The maximum atomic E-state index is 12.0. The van der Waals surface area contributed by atoms with Crippen LogP contribution in [-0.2, 0) is 9.22 Å². The van der Waals surface area contributed by atoms with Gasteiger partial charge < -0.3 is 14.6 Å². The summed E-state index contributed by atoms with van der Waals surface area (Å²) >= 11 is 0. The predicted octanol–water partition coefficient (Wildman–Crippen LogP) is 9.89. The molecule has 0 saturated carbocycles. The second-order valence-corrected chi connectivity index (χ2v) is 17.7. The Morgan fingerprint density at radius 1 is 0.667 bits per heavy atom. The fourth-order valence-corrected chi connectivity index (χ4v) is 11.9. The molecule has 0 heterocycles. The molecule has 0 aromatic carbocycles. The molecule has 0 radical (unpaired) electrons. The summed E-state index contributed by atoms with van der Waals surface area (Å²) in [5.74, 6) is -1.55. The molecule has 0 rings (SSSR count). The normalized spacial score (nSPS) is 15.1. The molecule has 3 atom stereocenters. The minimum atomic E-state index is -2.11. The Hall–Kier alpha value is -0.393. The van der Waals surface area contributed by atoms with Crippen molar-refractivity contribution in [2.45, 2.75) is 187 Å². The van der Waals surface area contributed by atoms with Gasteiger partial charge in [-0.15, -0.1) is 0 Å². The van der Waals surface area contributed by atoms with Crippen LogP contribution in [0.4, 0.5) is 0 Å². The Bertz CT molecular complexity index is 513. The van der Waals surface area contributed by atoms with Crippen molar-refractivity contribution in [1.29, 1.82) is 0 Å². The third-order valence-corrected chi connectivity index (χ3v) is 14.5. The minimum Gasteiger partial charge on any atom is -0.481 e. The van der Waals surface area contributed by atoms with Gasteiger partial charge >= 0.3 is 5.97 Å². The van der Waals surface area contributed by atoms with E-state index in [9.17, 15) is 15.0 Å².